The molecule has 2 unspecified atom stereocenters. The van der Waals surface area contributed by atoms with Crippen molar-refractivity contribution in [3.63, 3.8) is 0 Å². The molecule has 2 nitrogen and oxygen atoms in total. The van der Waals surface area contributed by atoms with Crippen molar-refractivity contribution in [2.75, 3.05) is 0 Å². The average Bonchev–Trinajstić information content (AvgIpc) is 2.52. The molecule has 24 heavy (non-hydrogen) atoms. The third-order valence-electron chi connectivity index (χ3n) is 5.64. The summed E-state index contributed by atoms with van der Waals surface area (Å²) in [5, 5.41) is 0. The summed E-state index contributed by atoms with van der Waals surface area (Å²) in [4.78, 5) is 0. The molecule has 0 spiro atoms. The van der Waals surface area contributed by atoms with Crippen molar-refractivity contribution in [2.45, 2.75) is 124 Å². The van der Waals surface area contributed by atoms with Crippen LogP contribution in [0.1, 0.15) is 118 Å². The van der Waals surface area contributed by atoms with Crippen molar-refractivity contribution in [2.24, 2.45) is 29.2 Å². The molecule has 0 aromatic rings. The Morgan fingerprint density at radius 2 is 1.12 bits per heavy atom. The lowest BCUT2D eigenvalue weighted by Gasteiger charge is -2.23. The molecular weight excluding hydrogens is 292 g/mol. The summed E-state index contributed by atoms with van der Waals surface area (Å²) < 4.78 is 0. The lowest BCUT2D eigenvalue weighted by molar-refractivity contribution is 0.291. The highest BCUT2D eigenvalue weighted by atomic mass is 14.8. The molecule has 0 aromatic carbocycles. The zero-order valence-electron chi connectivity index (χ0n) is 17.4. The van der Waals surface area contributed by atoms with Crippen LogP contribution in [0.25, 0.3) is 0 Å². The summed E-state index contributed by atoms with van der Waals surface area (Å²) in [6, 6.07) is 0. The van der Waals surface area contributed by atoms with Crippen LogP contribution in [-0.2, 0) is 0 Å². The maximum Gasteiger partial charge on any atom is 0.0520 e. The highest BCUT2D eigenvalue weighted by Gasteiger charge is 2.14. The molecule has 0 heterocycles. The fourth-order valence-corrected chi connectivity index (χ4v) is 3.69. The van der Waals surface area contributed by atoms with Crippen LogP contribution in [-0.4, -0.2) is 6.17 Å². The first-order valence-electron chi connectivity index (χ1n) is 11.0. The van der Waals surface area contributed by atoms with E-state index in [0.29, 0.717) is 0 Å². The highest BCUT2D eigenvalue weighted by molar-refractivity contribution is 4.66. The number of hydrogen-bond donors (Lipinski definition) is 2. The number of hydrogen-bond acceptors (Lipinski definition) is 2. The lowest BCUT2D eigenvalue weighted by atomic mass is 9.83. The third kappa shape index (κ3) is 15.4. The number of rotatable bonds is 17. The monoisotopic (exact) mass is 340 g/mol. The molecule has 0 saturated carbocycles. The molecule has 0 saturated heterocycles. The summed E-state index contributed by atoms with van der Waals surface area (Å²) >= 11 is 0. The Labute approximate surface area is 153 Å². The van der Waals surface area contributed by atoms with Crippen LogP contribution in [0, 0.1) is 17.8 Å². The van der Waals surface area contributed by atoms with E-state index in [-0.39, 0.29) is 6.17 Å². The van der Waals surface area contributed by atoms with E-state index in [4.69, 9.17) is 11.5 Å². The summed E-state index contributed by atoms with van der Waals surface area (Å²) in [7, 11) is 0. The summed E-state index contributed by atoms with van der Waals surface area (Å²) in [6.45, 7) is 9.58. The van der Waals surface area contributed by atoms with Crippen LogP contribution in [0.3, 0.4) is 0 Å². The maximum atomic E-state index is 5.60. The van der Waals surface area contributed by atoms with Crippen LogP contribution in [0.5, 0.6) is 0 Å². The van der Waals surface area contributed by atoms with E-state index < -0.39 is 0 Å². The number of unbranched alkanes of at least 4 members (excludes halogenated alkanes) is 7. The van der Waals surface area contributed by atoms with Gasteiger partial charge in [0.25, 0.3) is 0 Å². The molecule has 0 amide bonds. The third-order valence-corrected chi connectivity index (χ3v) is 5.64. The van der Waals surface area contributed by atoms with Crippen molar-refractivity contribution in [1.82, 2.24) is 0 Å². The summed E-state index contributed by atoms with van der Waals surface area (Å²) in [5.41, 5.74) is 11.2. The Morgan fingerprint density at radius 3 is 1.67 bits per heavy atom. The quantitative estimate of drug-likeness (QED) is 0.231. The summed E-state index contributed by atoms with van der Waals surface area (Å²) in [5.74, 6) is 2.67. The SMILES string of the molecule is CCCCCCCC(C)CCC(CCCCCCC(N)N)C(C)C. The smallest absolute Gasteiger partial charge is 0.0520 e. The van der Waals surface area contributed by atoms with Gasteiger partial charge in [-0.1, -0.05) is 105 Å². The van der Waals surface area contributed by atoms with E-state index in [2.05, 4.69) is 27.7 Å². The van der Waals surface area contributed by atoms with Crippen molar-refractivity contribution >= 4 is 0 Å². The zero-order valence-corrected chi connectivity index (χ0v) is 17.4. The Balaban J connectivity index is 3.71. The molecule has 0 aliphatic rings. The molecule has 0 bridgehead atoms. The van der Waals surface area contributed by atoms with Gasteiger partial charge in [0, 0.05) is 0 Å². The molecule has 0 aliphatic carbocycles. The fourth-order valence-electron chi connectivity index (χ4n) is 3.69. The molecular formula is C22H48N2. The lowest BCUT2D eigenvalue weighted by Crippen LogP contribution is -2.29. The zero-order chi connectivity index (χ0) is 18.2. The first-order valence-corrected chi connectivity index (χ1v) is 11.0. The second kappa shape index (κ2) is 16.4. The van der Waals surface area contributed by atoms with Crippen LogP contribution in [0.15, 0.2) is 0 Å². The van der Waals surface area contributed by atoms with Gasteiger partial charge in [-0.05, 0) is 30.6 Å². The van der Waals surface area contributed by atoms with Crippen molar-refractivity contribution in [1.29, 1.82) is 0 Å². The molecule has 0 radical (unpaired) electrons. The van der Waals surface area contributed by atoms with Gasteiger partial charge in [0.05, 0.1) is 6.17 Å². The first-order chi connectivity index (χ1) is 11.5. The van der Waals surface area contributed by atoms with Crippen molar-refractivity contribution in [3.8, 4) is 0 Å². The number of nitrogens with two attached hydrogens (primary N) is 2. The Morgan fingerprint density at radius 1 is 0.583 bits per heavy atom. The van der Waals surface area contributed by atoms with Crippen LogP contribution in [0.2, 0.25) is 0 Å². The van der Waals surface area contributed by atoms with Crippen LogP contribution in [0.4, 0.5) is 0 Å². The molecule has 0 aliphatic heterocycles. The second-order valence-corrected chi connectivity index (χ2v) is 8.54. The van der Waals surface area contributed by atoms with Gasteiger partial charge in [-0.25, -0.2) is 0 Å². The van der Waals surface area contributed by atoms with Gasteiger partial charge in [-0.15, -0.1) is 0 Å². The topological polar surface area (TPSA) is 52.0 Å². The largest absolute Gasteiger partial charge is 0.316 e. The minimum absolute atomic E-state index is 0.114. The van der Waals surface area contributed by atoms with Crippen LogP contribution < -0.4 is 11.5 Å². The molecule has 0 fully saturated rings. The molecule has 0 aromatic heterocycles. The van der Waals surface area contributed by atoms with E-state index in [1.54, 1.807) is 0 Å². The van der Waals surface area contributed by atoms with Crippen molar-refractivity contribution < 1.29 is 0 Å². The minimum Gasteiger partial charge on any atom is -0.316 e. The molecule has 0 rings (SSSR count). The van der Waals surface area contributed by atoms with Gasteiger partial charge in [-0.2, -0.15) is 0 Å². The van der Waals surface area contributed by atoms with Gasteiger partial charge < -0.3 is 11.5 Å². The van der Waals surface area contributed by atoms with Gasteiger partial charge in [0.2, 0.25) is 0 Å². The van der Waals surface area contributed by atoms with E-state index in [9.17, 15) is 0 Å². The average molecular weight is 341 g/mol. The normalized spacial score (nSPS) is 14.5. The Kier molecular flexibility index (Phi) is 16.3. The predicted molar refractivity (Wildman–Crippen MR) is 110 cm³/mol. The second-order valence-electron chi connectivity index (χ2n) is 8.54. The molecule has 4 N–H and O–H groups in total. The predicted octanol–water partition coefficient (Wildman–Crippen LogP) is 6.62. The molecule has 2 atom stereocenters. The van der Waals surface area contributed by atoms with Gasteiger partial charge in [-0.3, -0.25) is 0 Å². The standard InChI is InChI=1S/C22H48N2/c1-5-6-7-8-11-14-20(4)17-18-21(19(2)3)15-12-9-10-13-16-22(23)24/h19-22H,5-18,23-24H2,1-4H3. The van der Waals surface area contributed by atoms with E-state index in [1.807, 2.05) is 0 Å². The van der Waals surface area contributed by atoms with Gasteiger partial charge in [0.15, 0.2) is 0 Å². The van der Waals surface area contributed by atoms with E-state index in [0.717, 1.165) is 24.2 Å². The van der Waals surface area contributed by atoms with E-state index in [1.165, 1.54) is 83.5 Å². The molecule has 146 valence electrons. The van der Waals surface area contributed by atoms with Gasteiger partial charge >= 0.3 is 0 Å². The van der Waals surface area contributed by atoms with Crippen molar-refractivity contribution in [3.05, 3.63) is 0 Å². The maximum absolute atomic E-state index is 5.60. The first kappa shape index (κ1) is 23.9. The Bertz CT molecular complexity index is 250. The molecule has 2 heteroatoms. The summed E-state index contributed by atoms with van der Waals surface area (Å²) in [6.07, 6.45) is 18.9. The van der Waals surface area contributed by atoms with Crippen LogP contribution >= 0.6 is 0 Å². The van der Waals surface area contributed by atoms with E-state index >= 15 is 0 Å². The van der Waals surface area contributed by atoms with Gasteiger partial charge in [0.1, 0.15) is 0 Å². The fraction of sp³-hybridized carbons (Fsp3) is 1.00. The Hall–Kier alpha value is -0.0800. The highest BCUT2D eigenvalue weighted by Crippen LogP contribution is 2.27. The minimum atomic E-state index is -0.114.